The van der Waals surface area contributed by atoms with E-state index < -0.39 is 0 Å². The number of rotatable bonds is 3. The van der Waals surface area contributed by atoms with Gasteiger partial charge in [-0.05, 0) is 64.8 Å². The van der Waals surface area contributed by atoms with Gasteiger partial charge in [-0.1, -0.05) is 71.9 Å². The Morgan fingerprint density at radius 1 is 0.500 bits per heavy atom. The fraction of sp³-hybridized carbons (Fsp3) is 0.273. The highest BCUT2D eigenvalue weighted by molar-refractivity contribution is 5.82. The third-order valence-corrected chi connectivity index (χ3v) is 6.56. The van der Waals surface area contributed by atoms with Crippen LogP contribution < -0.4 is 0 Å². The molecule has 0 radical (unpaired) electrons. The molecule has 38 heavy (non-hydrogen) atoms. The van der Waals surface area contributed by atoms with Crippen molar-refractivity contribution in [1.29, 1.82) is 0 Å². The fourth-order valence-corrected chi connectivity index (χ4v) is 4.57. The molecule has 0 bridgehead atoms. The number of para-hydroxylation sites is 1. The molecule has 2 aromatic carbocycles. The largest absolute Gasteiger partial charge is 0.346 e. The molecule has 0 saturated carbocycles. The maximum Gasteiger partial charge on any atom is 0.137 e. The molecule has 194 valence electrons. The smallest absolute Gasteiger partial charge is 0.137 e. The summed E-state index contributed by atoms with van der Waals surface area (Å²) in [6, 6.07) is 20.7. The van der Waals surface area contributed by atoms with Crippen molar-refractivity contribution in [2.75, 3.05) is 0 Å². The molecule has 5 heteroatoms. The van der Waals surface area contributed by atoms with Crippen molar-refractivity contribution in [3.63, 3.8) is 0 Å². The molecule has 4 heterocycles. The average molecular weight is 504 g/mol. The highest BCUT2D eigenvalue weighted by atomic mass is 14.8. The quantitative estimate of drug-likeness (QED) is 0.262. The van der Waals surface area contributed by atoms with E-state index in [1.54, 1.807) is 12.4 Å². The lowest BCUT2D eigenvalue weighted by Crippen LogP contribution is -1.92. The van der Waals surface area contributed by atoms with Crippen molar-refractivity contribution < 1.29 is 0 Å². The SMILES string of the molecule is CC(C)c1c[nH]c2ncccc12.CC(C)c1cccc2ncccc12.CC(C)c1cccc2nccnc12. The summed E-state index contributed by atoms with van der Waals surface area (Å²) in [4.78, 5) is 20.3. The van der Waals surface area contributed by atoms with Gasteiger partial charge in [-0.2, -0.15) is 0 Å². The molecule has 0 aliphatic heterocycles. The maximum absolute atomic E-state index is 4.34. The van der Waals surface area contributed by atoms with Gasteiger partial charge in [0.15, 0.2) is 0 Å². The molecule has 5 nitrogen and oxygen atoms in total. The average Bonchev–Trinajstić information content (AvgIpc) is 3.38. The van der Waals surface area contributed by atoms with Crippen LogP contribution in [0.4, 0.5) is 0 Å². The van der Waals surface area contributed by atoms with Crippen LogP contribution in [-0.2, 0) is 0 Å². The summed E-state index contributed by atoms with van der Waals surface area (Å²) in [5, 5.41) is 2.52. The van der Waals surface area contributed by atoms with Crippen molar-refractivity contribution in [3.8, 4) is 0 Å². The van der Waals surface area contributed by atoms with Crippen molar-refractivity contribution in [2.24, 2.45) is 0 Å². The molecule has 0 amide bonds. The summed E-state index contributed by atoms with van der Waals surface area (Å²) in [5.74, 6) is 1.62. The third-order valence-electron chi connectivity index (χ3n) is 6.56. The normalized spacial score (nSPS) is 11.1. The van der Waals surface area contributed by atoms with Crippen LogP contribution in [0.5, 0.6) is 0 Å². The van der Waals surface area contributed by atoms with Gasteiger partial charge in [0.1, 0.15) is 5.65 Å². The third kappa shape index (κ3) is 6.23. The van der Waals surface area contributed by atoms with Crippen LogP contribution in [-0.4, -0.2) is 24.9 Å². The Kier molecular flexibility index (Phi) is 8.80. The first-order valence-electron chi connectivity index (χ1n) is 13.3. The van der Waals surface area contributed by atoms with Crippen molar-refractivity contribution in [3.05, 3.63) is 108 Å². The number of fused-ring (bicyclic) bond motifs is 3. The van der Waals surface area contributed by atoms with Gasteiger partial charge in [-0.15, -0.1) is 0 Å². The number of nitrogens with one attached hydrogen (secondary N) is 1. The number of aromatic nitrogens is 5. The van der Waals surface area contributed by atoms with Gasteiger partial charge < -0.3 is 4.98 Å². The molecule has 0 fully saturated rings. The number of hydrogen-bond donors (Lipinski definition) is 1. The van der Waals surface area contributed by atoms with Crippen LogP contribution in [0.1, 0.15) is 76.0 Å². The number of pyridine rings is 2. The number of hydrogen-bond acceptors (Lipinski definition) is 4. The van der Waals surface area contributed by atoms with Gasteiger partial charge in [-0.3, -0.25) is 15.0 Å². The number of aromatic amines is 1. The van der Waals surface area contributed by atoms with E-state index in [1.165, 1.54) is 27.5 Å². The molecule has 4 aromatic heterocycles. The van der Waals surface area contributed by atoms with Gasteiger partial charge in [0.2, 0.25) is 0 Å². The van der Waals surface area contributed by atoms with Crippen LogP contribution in [0.2, 0.25) is 0 Å². The predicted molar refractivity (Wildman–Crippen MR) is 160 cm³/mol. The van der Waals surface area contributed by atoms with Crippen molar-refractivity contribution in [1.82, 2.24) is 24.9 Å². The van der Waals surface area contributed by atoms with E-state index in [9.17, 15) is 0 Å². The van der Waals surface area contributed by atoms with Crippen LogP contribution in [0.15, 0.2) is 91.6 Å². The van der Waals surface area contributed by atoms with E-state index in [2.05, 4.69) is 103 Å². The Morgan fingerprint density at radius 3 is 1.79 bits per heavy atom. The lowest BCUT2D eigenvalue weighted by molar-refractivity contribution is 0.872. The minimum atomic E-state index is 0.500. The van der Waals surface area contributed by atoms with E-state index >= 15 is 0 Å². The Labute approximate surface area is 225 Å². The number of nitrogens with zero attached hydrogens (tertiary/aromatic N) is 4. The highest BCUT2D eigenvalue weighted by Gasteiger charge is 2.07. The molecule has 6 aromatic rings. The van der Waals surface area contributed by atoms with Crippen LogP contribution in [0.25, 0.3) is 33.0 Å². The second-order valence-electron chi connectivity index (χ2n) is 10.3. The Morgan fingerprint density at radius 2 is 1.08 bits per heavy atom. The van der Waals surface area contributed by atoms with Crippen molar-refractivity contribution in [2.45, 2.75) is 59.3 Å². The molecule has 0 unspecified atom stereocenters. The van der Waals surface area contributed by atoms with E-state index in [0.717, 1.165) is 22.2 Å². The standard InChI is InChI=1S/C12H13N.C11H12N2.C10H12N2/c1-9(2)10-5-3-7-12-11(10)6-4-8-13-12;1-8(2)9-4-3-5-10-11(9)13-7-6-12-10;1-7(2)9-6-12-10-8(9)4-3-5-11-10/h3-9H,1-2H3;3-8H,1-2H3;3-7H,1-2H3,(H,11,12). The number of benzene rings is 2. The van der Waals surface area contributed by atoms with Crippen LogP contribution in [0.3, 0.4) is 0 Å². The van der Waals surface area contributed by atoms with Crippen LogP contribution >= 0.6 is 0 Å². The van der Waals surface area contributed by atoms with Gasteiger partial charge >= 0.3 is 0 Å². The zero-order valence-corrected chi connectivity index (χ0v) is 23.2. The molecule has 1 N–H and O–H groups in total. The van der Waals surface area contributed by atoms with E-state index in [0.29, 0.717) is 17.8 Å². The van der Waals surface area contributed by atoms with Gasteiger partial charge in [0.05, 0.1) is 16.6 Å². The number of H-pyrrole nitrogens is 1. The summed E-state index contributed by atoms with van der Waals surface area (Å²) in [5.41, 5.74) is 8.08. The van der Waals surface area contributed by atoms with Gasteiger partial charge in [-0.25, -0.2) is 4.98 Å². The van der Waals surface area contributed by atoms with Gasteiger partial charge in [0, 0.05) is 41.8 Å². The molecule has 0 aliphatic rings. The first-order chi connectivity index (χ1) is 18.4. The first kappa shape index (κ1) is 26.9. The minimum absolute atomic E-state index is 0.500. The van der Waals surface area contributed by atoms with E-state index in [4.69, 9.17) is 0 Å². The summed E-state index contributed by atoms with van der Waals surface area (Å²) < 4.78 is 0. The lowest BCUT2D eigenvalue weighted by atomic mass is 9.98. The van der Waals surface area contributed by atoms with E-state index in [1.807, 2.05) is 42.9 Å². The molecule has 0 aliphatic carbocycles. The fourth-order valence-electron chi connectivity index (χ4n) is 4.57. The summed E-state index contributed by atoms with van der Waals surface area (Å²) in [6.45, 7) is 13.1. The molecule has 0 atom stereocenters. The van der Waals surface area contributed by atoms with E-state index in [-0.39, 0.29) is 0 Å². The zero-order chi connectivity index (χ0) is 27.1. The first-order valence-corrected chi connectivity index (χ1v) is 13.3. The summed E-state index contributed by atoms with van der Waals surface area (Å²) in [7, 11) is 0. The maximum atomic E-state index is 4.34. The minimum Gasteiger partial charge on any atom is -0.346 e. The zero-order valence-electron chi connectivity index (χ0n) is 23.2. The molecular weight excluding hydrogens is 466 g/mol. The Hall–Kier alpha value is -4.12. The summed E-state index contributed by atoms with van der Waals surface area (Å²) in [6.07, 6.45) is 9.17. The van der Waals surface area contributed by atoms with Crippen LogP contribution in [0, 0.1) is 0 Å². The molecule has 6 rings (SSSR count). The highest BCUT2D eigenvalue weighted by Crippen LogP contribution is 2.24. The molecule has 0 saturated heterocycles. The second kappa shape index (κ2) is 12.4. The Bertz CT molecular complexity index is 1520. The lowest BCUT2D eigenvalue weighted by Gasteiger charge is -2.08. The molecular formula is C33H37N5. The predicted octanol–water partition coefficient (Wildman–Crippen LogP) is 8.80. The second-order valence-corrected chi connectivity index (χ2v) is 10.3. The van der Waals surface area contributed by atoms with Crippen molar-refractivity contribution >= 4 is 33.0 Å². The van der Waals surface area contributed by atoms with Gasteiger partial charge in [0.25, 0.3) is 0 Å². The molecule has 0 spiro atoms. The Balaban J connectivity index is 0.000000133. The monoisotopic (exact) mass is 503 g/mol. The summed E-state index contributed by atoms with van der Waals surface area (Å²) >= 11 is 0. The topological polar surface area (TPSA) is 67.3 Å².